The number of nitrogens with zero attached hydrogens (tertiary/aromatic N) is 3. The maximum absolute atomic E-state index is 12.0. The molecule has 0 aliphatic carbocycles. The Morgan fingerprint density at radius 3 is 2.67 bits per heavy atom. The predicted molar refractivity (Wildman–Crippen MR) is 93.8 cm³/mol. The van der Waals surface area contributed by atoms with Gasteiger partial charge in [-0.1, -0.05) is 12.1 Å². The van der Waals surface area contributed by atoms with Crippen molar-refractivity contribution in [2.24, 2.45) is 15.9 Å². The van der Waals surface area contributed by atoms with Crippen LogP contribution in [0, 0.1) is 10.1 Å². The highest BCUT2D eigenvalue weighted by Gasteiger charge is 2.18. The lowest BCUT2D eigenvalue weighted by atomic mass is 10.2. The van der Waals surface area contributed by atoms with Crippen LogP contribution in [0.2, 0.25) is 0 Å². The highest BCUT2D eigenvalue weighted by Crippen LogP contribution is 2.23. The van der Waals surface area contributed by atoms with E-state index < -0.39 is 10.9 Å². The number of nitro groups is 1. The summed E-state index contributed by atoms with van der Waals surface area (Å²) in [6.07, 6.45) is 0. The van der Waals surface area contributed by atoms with Crippen molar-refractivity contribution in [1.82, 2.24) is 5.43 Å². The lowest BCUT2D eigenvalue weighted by Gasteiger charge is -2.07. The van der Waals surface area contributed by atoms with Crippen molar-refractivity contribution in [2.45, 2.75) is 13.8 Å². The van der Waals surface area contributed by atoms with Gasteiger partial charge in [0.2, 0.25) is 0 Å². The number of carbonyl (C=O) groups excluding carboxylic acids is 1. The molecular weight excluding hydrogens is 336 g/mol. The Hall–Kier alpha value is -3.08. The van der Waals surface area contributed by atoms with Gasteiger partial charge in [0, 0.05) is 6.07 Å². The number of hydrogen-bond acceptors (Lipinski definition) is 8. The second-order valence-electron chi connectivity index (χ2n) is 4.24. The molecule has 4 N–H and O–H groups in total. The van der Waals surface area contributed by atoms with E-state index in [0.29, 0.717) is 0 Å². The highest BCUT2D eigenvalue weighted by atomic mass is 32.1. The van der Waals surface area contributed by atoms with E-state index in [1.54, 1.807) is 13.0 Å². The fraction of sp³-hybridized carbons (Fsp3) is 0.231. The van der Waals surface area contributed by atoms with Crippen LogP contribution in [0.4, 0.5) is 11.4 Å². The summed E-state index contributed by atoms with van der Waals surface area (Å²) in [6, 6.07) is 5.85. The molecule has 0 atom stereocenters. The molecule has 0 aromatic heterocycles. The number of hydrogen-bond donors (Lipinski definition) is 3. The lowest BCUT2D eigenvalue weighted by molar-refractivity contribution is -0.384. The minimum Gasteiger partial charge on any atom is -0.461 e. The Labute approximate surface area is 142 Å². The molecule has 1 aromatic rings. The van der Waals surface area contributed by atoms with Gasteiger partial charge in [-0.25, -0.2) is 4.79 Å². The second kappa shape index (κ2) is 9.15. The normalized spacial score (nSPS) is 11.6. The van der Waals surface area contributed by atoms with Gasteiger partial charge in [0.1, 0.15) is 5.69 Å². The van der Waals surface area contributed by atoms with Gasteiger partial charge in [-0.3, -0.25) is 21.0 Å². The Balaban J connectivity index is 3.13. The number of thiocarbonyl (C=S) groups is 1. The van der Waals surface area contributed by atoms with E-state index in [4.69, 9.17) is 10.5 Å². The van der Waals surface area contributed by atoms with Crippen molar-refractivity contribution < 1.29 is 14.5 Å². The number of carbonyl (C=O) groups is 1. The fourth-order valence-corrected chi connectivity index (χ4v) is 1.55. The number of para-hydroxylation sites is 2. The van der Waals surface area contributed by atoms with Crippen LogP contribution in [-0.4, -0.2) is 34.0 Å². The van der Waals surface area contributed by atoms with Gasteiger partial charge in [0.15, 0.2) is 10.8 Å². The summed E-state index contributed by atoms with van der Waals surface area (Å²) in [4.78, 5) is 22.4. The Morgan fingerprint density at radius 2 is 2.08 bits per heavy atom. The predicted octanol–water partition coefficient (Wildman–Crippen LogP) is 1.13. The maximum atomic E-state index is 12.0. The van der Waals surface area contributed by atoms with E-state index in [-0.39, 0.29) is 34.5 Å². The number of nitrogens with two attached hydrogens (primary N) is 1. The summed E-state index contributed by atoms with van der Waals surface area (Å²) >= 11 is 4.62. The second-order valence-corrected chi connectivity index (χ2v) is 4.68. The molecule has 24 heavy (non-hydrogen) atoms. The van der Waals surface area contributed by atoms with Crippen molar-refractivity contribution in [3.05, 3.63) is 34.4 Å². The van der Waals surface area contributed by atoms with Crippen molar-refractivity contribution in [3.63, 3.8) is 0 Å². The van der Waals surface area contributed by atoms with Crippen LogP contribution in [-0.2, 0) is 9.53 Å². The van der Waals surface area contributed by atoms with Crippen LogP contribution in [0.1, 0.15) is 13.8 Å². The molecular formula is C13H16N6O4S. The van der Waals surface area contributed by atoms with Gasteiger partial charge >= 0.3 is 5.97 Å². The molecule has 0 heterocycles. The number of rotatable bonds is 7. The Kier molecular flexibility index (Phi) is 7.23. The van der Waals surface area contributed by atoms with Crippen LogP contribution in [0.5, 0.6) is 0 Å². The molecule has 1 rings (SSSR count). The number of nitro benzene ring substituents is 1. The molecule has 1 aromatic carbocycles. The molecule has 11 heteroatoms. The van der Waals surface area contributed by atoms with E-state index in [2.05, 4.69) is 33.3 Å². The molecule has 0 bridgehead atoms. The maximum Gasteiger partial charge on any atom is 0.360 e. The summed E-state index contributed by atoms with van der Waals surface area (Å²) in [5.74, 6) is -0.755. The van der Waals surface area contributed by atoms with Gasteiger partial charge < -0.3 is 10.5 Å². The van der Waals surface area contributed by atoms with E-state index in [1.807, 2.05) is 0 Å². The first kappa shape index (κ1) is 19.0. The van der Waals surface area contributed by atoms with Gasteiger partial charge in [-0.05, 0) is 32.1 Å². The van der Waals surface area contributed by atoms with Crippen molar-refractivity contribution in [2.75, 3.05) is 12.0 Å². The van der Waals surface area contributed by atoms with Gasteiger partial charge in [0.25, 0.3) is 5.69 Å². The van der Waals surface area contributed by atoms with E-state index in [9.17, 15) is 14.9 Å². The third-order valence-electron chi connectivity index (χ3n) is 2.53. The van der Waals surface area contributed by atoms with Crippen LogP contribution >= 0.6 is 12.2 Å². The quantitative estimate of drug-likeness (QED) is 0.218. The van der Waals surface area contributed by atoms with Crippen LogP contribution in [0.3, 0.4) is 0 Å². The third-order valence-corrected chi connectivity index (χ3v) is 2.63. The van der Waals surface area contributed by atoms with Gasteiger partial charge in [-0.15, -0.1) is 0 Å². The summed E-state index contributed by atoms with van der Waals surface area (Å²) < 4.78 is 4.88. The van der Waals surface area contributed by atoms with Crippen molar-refractivity contribution in [1.29, 1.82) is 0 Å². The van der Waals surface area contributed by atoms with Crippen molar-refractivity contribution in [3.8, 4) is 0 Å². The molecule has 0 radical (unpaired) electrons. The Morgan fingerprint density at radius 1 is 1.42 bits per heavy atom. The van der Waals surface area contributed by atoms with E-state index >= 15 is 0 Å². The molecule has 128 valence electrons. The topological polar surface area (TPSA) is 144 Å². The number of anilines is 1. The average Bonchev–Trinajstić information content (AvgIpc) is 2.53. The largest absolute Gasteiger partial charge is 0.461 e. The molecule has 0 aliphatic rings. The summed E-state index contributed by atoms with van der Waals surface area (Å²) in [7, 11) is 0. The van der Waals surface area contributed by atoms with Crippen LogP contribution < -0.4 is 16.6 Å². The monoisotopic (exact) mass is 352 g/mol. The third kappa shape index (κ3) is 5.61. The molecule has 0 saturated carbocycles. The summed E-state index contributed by atoms with van der Waals surface area (Å²) in [5.41, 5.74) is 9.93. The molecule has 0 fully saturated rings. The number of ether oxygens (including phenoxy) is 1. The standard InChI is InChI=1S/C13H16N6O4S/c1-3-23-12(20)11(8(2)15-18-13(14)24)17-16-9-6-4-5-7-10(9)19(21)22/h4-7,16H,3H2,1-2H3,(H3,14,18,24)/b15-8+,17-11-. The fourth-order valence-electron chi connectivity index (χ4n) is 1.51. The van der Waals surface area contributed by atoms with E-state index in [1.165, 1.54) is 25.1 Å². The van der Waals surface area contributed by atoms with Gasteiger partial charge in [-0.2, -0.15) is 10.2 Å². The highest BCUT2D eigenvalue weighted by molar-refractivity contribution is 7.80. The summed E-state index contributed by atoms with van der Waals surface area (Å²) in [6.45, 7) is 3.23. The minimum absolute atomic E-state index is 0.0933. The summed E-state index contributed by atoms with van der Waals surface area (Å²) in [5, 5.41) is 18.5. The molecule has 10 nitrogen and oxygen atoms in total. The minimum atomic E-state index is -0.755. The molecule has 0 amide bonds. The number of benzene rings is 1. The van der Waals surface area contributed by atoms with E-state index in [0.717, 1.165) is 0 Å². The molecule has 0 saturated heterocycles. The van der Waals surface area contributed by atoms with Gasteiger partial charge in [0.05, 0.1) is 17.2 Å². The number of esters is 1. The first-order valence-corrected chi connectivity index (χ1v) is 7.12. The zero-order valence-electron chi connectivity index (χ0n) is 13.0. The first-order chi connectivity index (χ1) is 11.4. The SMILES string of the molecule is CCOC(=O)C(=N\Nc1ccccc1[N+](=O)[O-])/C(C)=N/NC(N)=S. The lowest BCUT2D eigenvalue weighted by Crippen LogP contribution is -2.30. The zero-order chi connectivity index (χ0) is 18.1. The molecule has 0 unspecified atom stereocenters. The smallest absolute Gasteiger partial charge is 0.360 e. The van der Waals surface area contributed by atoms with Crippen molar-refractivity contribution >= 4 is 46.1 Å². The first-order valence-electron chi connectivity index (χ1n) is 6.71. The van der Waals surface area contributed by atoms with Crippen LogP contribution in [0.15, 0.2) is 34.5 Å². The number of nitrogens with one attached hydrogen (secondary N) is 2. The number of hydrazone groups is 2. The molecule has 0 spiro atoms. The Bertz CT molecular complexity index is 703. The zero-order valence-corrected chi connectivity index (χ0v) is 13.8. The van der Waals surface area contributed by atoms with Crippen LogP contribution in [0.25, 0.3) is 0 Å². The average molecular weight is 352 g/mol. The molecule has 0 aliphatic heterocycles.